The average molecular weight is 689 g/mol. The van der Waals surface area contributed by atoms with Crippen molar-refractivity contribution in [3.63, 3.8) is 0 Å². The van der Waals surface area contributed by atoms with Crippen LogP contribution in [0.2, 0.25) is 20.1 Å². The Kier molecular flexibility index (Phi) is 8.97. The maximum Gasteiger partial charge on any atom is 0.278 e. The van der Waals surface area contributed by atoms with Crippen molar-refractivity contribution in [2.45, 2.75) is 19.6 Å². The Morgan fingerprint density at radius 3 is 2.02 bits per heavy atom. The van der Waals surface area contributed by atoms with Gasteiger partial charge in [0.15, 0.2) is 11.0 Å². The van der Waals surface area contributed by atoms with Crippen molar-refractivity contribution in [1.82, 2.24) is 44.8 Å². The zero-order valence-corrected chi connectivity index (χ0v) is 26.6. The van der Waals surface area contributed by atoms with Crippen molar-refractivity contribution in [1.29, 1.82) is 0 Å². The fraction of sp³-hybridized carbons (Fsp3) is 0.214. The van der Waals surface area contributed by atoms with Crippen LogP contribution in [-0.2, 0) is 19.6 Å². The molecule has 0 saturated carbocycles. The number of rotatable bonds is 11. The van der Waals surface area contributed by atoms with E-state index in [-0.39, 0.29) is 11.1 Å². The van der Waals surface area contributed by atoms with E-state index in [1.54, 1.807) is 64.0 Å². The number of anilines is 3. The number of H-pyrrole nitrogens is 2. The summed E-state index contributed by atoms with van der Waals surface area (Å²) in [6, 6.07) is 10.4. The first kappa shape index (κ1) is 30.9. The Bertz CT molecular complexity index is 2140. The predicted molar refractivity (Wildman–Crippen MR) is 177 cm³/mol. The molecule has 45 heavy (non-hydrogen) atoms. The van der Waals surface area contributed by atoms with Crippen LogP contribution >= 0.6 is 46.4 Å². The summed E-state index contributed by atoms with van der Waals surface area (Å²) in [5, 5.41) is 16.8. The van der Waals surface area contributed by atoms with Gasteiger partial charge in [0.2, 0.25) is 11.9 Å². The van der Waals surface area contributed by atoms with Crippen LogP contribution in [0.1, 0.15) is 5.56 Å². The van der Waals surface area contributed by atoms with Gasteiger partial charge in [0, 0.05) is 32.4 Å². The molecule has 0 spiro atoms. The third kappa shape index (κ3) is 6.63. The van der Waals surface area contributed by atoms with Gasteiger partial charge in [0.05, 0.1) is 45.6 Å². The fourth-order valence-corrected chi connectivity index (χ4v) is 5.34. The van der Waals surface area contributed by atoms with Crippen LogP contribution < -0.4 is 26.7 Å². The number of aromatic amines is 2. The van der Waals surface area contributed by atoms with Gasteiger partial charge in [-0.25, -0.2) is 9.97 Å². The molecule has 232 valence electrons. The molecule has 0 fully saturated rings. The number of aromatic nitrogens is 8. The predicted octanol–water partition coefficient (Wildman–Crippen LogP) is 4.84. The van der Waals surface area contributed by atoms with Crippen molar-refractivity contribution >= 4 is 86.1 Å². The van der Waals surface area contributed by atoms with Gasteiger partial charge in [0.25, 0.3) is 11.1 Å². The van der Waals surface area contributed by atoms with E-state index in [0.29, 0.717) is 92.5 Å². The minimum atomic E-state index is -0.319. The number of hydrogen-bond donors (Lipinski definition) is 4. The summed E-state index contributed by atoms with van der Waals surface area (Å²) in [6.45, 7) is 2.27. The highest BCUT2D eigenvalue weighted by Gasteiger charge is 2.15. The van der Waals surface area contributed by atoms with E-state index in [0.717, 1.165) is 5.56 Å². The molecule has 0 amide bonds. The molecule has 4 heterocycles. The van der Waals surface area contributed by atoms with Crippen LogP contribution in [-0.4, -0.2) is 59.6 Å². The standard InChI is InChI=1S/C28H25Cl4N11O2/c1-41(16-3-5-18(30)20(32)11-16)28-38-22-14-36-43(24(22)26(45)40-28)9-7-33-6-8-42-23-21(13-35-42)37-27(39-25(23)44)34-12-15-2-4-17(29)19(31)10-15/h2-5,10-11,13-14,33H,6-9,12H2,1H3,(H,38,40,45)(H2,34,37,39,44). The van der Waals surface area contributed by atoms with Gasteiger partial charge in [-0.1, -0.05) is 52.5 Å². The minimum Gasteiger partial charge on any atom is -0.352 e. The largest absolute Gasteiger partial charge is 0.352 e. The summed E-state index contributed by atoms with van der Waals surface area (Å²) in [6.07, 6.45) is 3.11. The SMILES string of the molecule is CN(c1ccc(Cl)c(Cl)c1)c1nc2cnn(CCNCCn3ncc4nc(NCc5ccc(Cl)c(Cl)c5)[nH]c(=O)c43)c2c(=O)[nH]1. The molecule has 0 atom stereocenters. The van der Waals surface area contributed by atoms with Crippen molar-refractivity contribution in [3.05, 3.63) is 95.2 Å². The first-order valence-corrected chi connectivity index (χ1v) is 15.2. The van der Waals surface area contributed by atoms with Crippen molar-refractivity contribution < 1.29 is 0 Å². The lowest BCUT2D eigenvalue weighted by Crippen LogP contribution is -2.27. The zero-order chi connectivity index (χ0) is 31.7. The first-order valence-electron chi connectivity index (χ1n) is 13.7. The molecule has 4 N–H and O–H groups in total. The number of nitrogens with one attached hydrogen (secondary N) is 4. The second-order valence-electron chi connectivity index (χ2n) is 10.0. The van der Waals surface area contributed by atoms with Crippen molar-refractivity contribution in [2.24, 2.45) is 0 Å². The summed E-state index contributed by atoms with van der Waals surface area (Å²) in [5.74, 6) is 0.661. The third-order valence-electron chi connectivity index (χ3n) is 7.04. The van der Waals surface area contributed by atoms with E-state index in [4.69, 9.17) is 46.4 Å². The first-order chi connectivity index (χ1) is 21.7. The van der Waals surface area contributed by atoms with Crippen LogP contribution in [0.5, 0.6) is 0 Å². The Labute approximate surface area is 275 Å². The maximum atomic E-state index is 13.0. The van der Waals surface area contributed by atoms with Crippen LogP contribution in [0.4, 0.5) is 17.6 Å². The van der Waals surface area contributed by atoms with Crippen molar-refractivity contribution in [3.8, 4) is 0 Å². The molecule has 0 saturated heterocycles. The summed E-state index contributed by atoms with van der Waals surface area (Å²) >= 11 is 24.2. The summed E-state index contributed by atoms with van der Waals surface area (Å²) in [5.41, 5.74) is 2.62. The van der Waals surface area contributed by atoms with Crippen LogP contribution in [0.3, 0.4) is 0 Å². The molecule has 6 aromatic rings. The number of benzene rings is 2. The topological polar surface area (TPSA) is 154 Å². The molecule has 0 bridgehead atoms. The highest BCUT2D eigenvalue weighted by Crippen LogP contribution is 2.29. The molecule has 0 radical (unpaired) electrons. The summed E-state index contributed by atoms with van der Waals surface area (Å²) < 4.78 is 3.20. The molecule has 0 aliphatic carbocycles. The molecule has 17 heteroatoms. The molecule has 0 aliphatic heterocycles. The molecule has 2 aromatic carbocycles. The quantitative estimate of drug-likeness (QED) is 0.140. The van der Waals surface area contributed by atoms with Crippen LogP contribution in [0, 0.1) is 0 Å². The lowest BCUT2D eigenvalue weighted by Gasteiger charge is -2.18. The molecule has 6 rings (SSSR count). The molecule has 13 nitrogen and oxygen atoms in total. The number of fused-ring (bicyclic) bond motifs is 2. The smallest absolute Gasteiger partial charge is 0.278 e. The summed E-state index contributed by atoms with van der Waals surface area (Å²) in [7, 11) is 1.76. The lowest BCUT2D eigenvalue weighted by molar-refractivity contribution is 0.526. The lowest BCUT2D eigenvalue weighted by atomic mass is 10.2. The Morgan fingerprint density at radius 1 is 0.778 bits per heavy atom. The maximum absolute atomic E-state index is 13.0. The molecule has 4 aromatic heterocycles. The Balaban J connectivity index is 1.05. The Hall–Kier alpha value is -4.14. The second kappa shape index (κ2) is 13.1. The van der Waals surface area contributed by atoms with E-state index in [9.17, 15) is 9.59 Å². The van der Waals surface area contributed by atoms with Crippen LogP contribution in [0.15, 0.2) is 58.4 Å². The van der Waals surface area contributed by atoms with Gasteiger partial charge in [-0.2, -0.15) is 10.2 Å². The zero-order valence-electron chi connectivity index (χ0n) is 23.6. The third-order valence-corrected chi connectivity index (χ3v) is 8.52. The van der Waals surface area contributed by atoms with E-state index in [2.05, 4.69) is 40.8 Å². The molecular weight excluding hydrogens is 664 g/mol. The van der Waals surface area contributed by atoms with Gasteiger partial charge in [-0.3, -0.25) is 28.9 Å². The van der Waals surface area contributed by atoms with Gasteiger partial charge >= 0.3 is 0 Å². The average Bonchev–Trinajstić information content (AvgIpc) is 3.63. The summed E-state index contributed by atoms with van der Waals surface area (Å²) in [4.78, 5) is 42.2. The Morgan fingerprint density at radius 2 is 1.38 bits per heavy atom. The minimum absolute atomic E-state index is 0.312. The van der Waals surface area contributed by atoms with Crippen molar-refractivity contribution in [2.75, 3.05) is 30.4 Å². The molecule has 0 aliphatic rings. The van der Waals surface area contributed by atoms with Gasteiger partial charge in [0.1, 0.15) is 11.0 Å². The van der Waals surface area contributed by atoms with E-state index >= 15 is 0 Å². The van der Waals surface area contributed by atoms with Gasteiger partial charge in [-0.05, 0) is 35.9 Å². The van der Waals surface area contributed by atoms with Gasteiger partial charge < -0.3 is 15.5 Å². The number of nitrogens with zero attached hydrogens (tertiary/aromatic N) is 7. The fourth-order valence-electron chi connectivity index (χ4n) is 4.73. The normalized spacial score (nSPS) is 11.5. The highest BCUT2D eigenvalue weighted by molar-refractivity contribution is 6.42. The van der Waals surface area contributed by atoms with E-state index in [1.165, 1.54) is 0 Å². The molecule has 0 unspecified atom stereocenters. The van der Waals surface area contributed by atoms with Crippen LogP contribution in [0.25, 0.3) is 22.1 Å². The number of hydrogen-bond acceptors (Lipinski definition) is 9. The van der Waals surface area contributed by atoms with E-state index < -0.39 is 0 Å². The van der Waals surface area contributed by atoms with E-state index in [1.807, 2.05) is 6.07 Å². The molecular formula is C28H25Cl4N11O2. The second-order valence-corrected chi connectivity index (χ2v) is 11.6. The highest BCUT2D eigenvalue weighted by atomic mass is 35.5. The van der Waals surface area contributed by atoms with Gasteiger partial charge in [-0.15, -0.1) is 0 Å². The monoisotopic (exact) mass is 687 g/mol. The number of halogens is 4.